The summed E-state index contributed by atoms with van der Waals surface area (Å²) >= 11 is 1.30. The summed E-state index contributed by atoms with van der Waals surface area (Å²) in [6.45, 7) is 0. The van der Waals surface area contributed by atoms with Crippen molar-refractivity contribution in [3.63, 3.8) is 0 Å². The van der Waals surface area contributed by atoms with Crippen LogP contribution in [0, 0.1) is 0 Å². The van der Waals surface area contributed by atoms with Gasteiger partial charge in [0.2, 0.25) is 0 Å². The number of ether oxygens (including phenoxy) is 2. The lowest BCUT2D eigenvalue weighted by molar-refractivity contribution is 0.0844. The summed E-state index contributed by atoms with van der Waals surface area (Å²) in [4.78, 5) is 32.3. The third kappa shape index (κ3) is 4.21. The number of hydrogen-bond donors (Lipinski definition) is 2. The Hall–Kier alpha value is -3.46. The van der Waals surface area contributed by atoms with Crippen LogP contribution in [-0.2, 0) is 0 Å². The maximum atomic E-state index is 12.2. The smallest absolute Gasteiger partial charge is 0.289 e. The average Bonchev–Trinajstić information content (AvgIpc) is 3.22. The van der Waals surface area contributed by atoms with Crippen molar-refractivity contribution in [2.75, 3.05) is 14.2 Å². The van der Waals surface area contributed by atoms with Crippen LogP contribution in [0.5, 0.6) is 11.5 Å². The van der Waals surface area contributed by atoms with Gasteiger partial charge in [-0.25, -0.2) is 4.98 Å². The number of nitrogens with zero attached hydrogens (tertiary/aromatic N) is 2. The number of methoxy groups -OCH3 is 2. The highest BCUT2D eigenvalue weighted by molar-refractivity contribution is 7.13. The molecule has 0 atom stereocenters. The van der Waals surface area contributed by atoms with Crippen molar-refractivity contribution in [3.8, 4) is 22.1 Å². The van der Waals surface area contributed by atoms with Gasteiger partial charge >= 0.3 is 0 Å². The highest BCUT2D eigenvalue weighted by Crippen LogP contribution is 2.33. The minimum atomic E-state index is -0.518. The van der Waals surface area contributed by atoms with Crippen LogP contribution < -0.4 is 20.3 Å². The standard InChI is InChI=1S/C18H16N4O4S/c1-25-14-6-5-11(8-15(14)26-2)18-20-13(10-27-18)17(24)22-21-16(23)12-4-3-7-19-9-12/h3-10H,1-2H3,(H,21,23)(H,22,24). The fourth-order valence-corrected chi connectivity index (χ4v) is 3.02. The second-order valence-electron chi connectivity index (χ2n) is 5.26. The Kier molecular flexibility index (Phi) is 5.62. The molecule has 0 aliphatic heterocycles. The minimum absolute atomic E-state index is 0.191. The number of hydrogen-bond acceptors (Lipinski definition) is 7. The lowest BCUT2D eigenvalue weighted by atomic mass is 10.2. The van der Waals surface area contributed by atoms with Crippen LogP contribution in [0.4, 0.5) is 0 Å². The van der Waals surface area contributed by atoms with E-state index in [1.54, 1.807) is 50.1 Å². The maximum absolute atomic E-state index is 12.2. The molecule has 3 rings (SSSR count). The number of carbonyl (C=O) groups is 2. The number of amides is 2. The molecule has 3 aromatic rings. The molecular weight excluding hydrogens is 368 g/mol. The molecule has 0 aliphatic rings. The molecule has 8 nitrogen and oxygen atoms in total. The number of aromatic nitrogens is 2. The van der Waals surface area contributed by atoms with Crippen LogP contribution in [0.15, 0.2) is 48.1 Å². The van der Waals surface area contributed by atoms with E-state index in [9.17, 15) is 9.59 Å². The summed E-state index contributed by atoms with van der Waals surface area (Å²) in [6.07, 6.45) is 2.96. The number of benzene rings is 1. The summed E-state index contributed by atoms with van der Waals surface area (Å²) in [6, 6.07) is 8.60. The van der Waals surface area contributed by atoms with E-state index in [2.05, 4.69) is 20.8 Å². The van der Waals surface area contributed by atoms with Gasteiger partial charge in [0.1, 0.15) is 10.7 Å². The summed E-state index contributed by atoms with van der Waals surface area (Å²) < 4.78 is 10.5. The third-order valence-electron chi connectivity index (χ3n) is 3.58. The SMILES string of the molecule is COc1ccc(-c2nc(C(=O)NNC(=O)c3cccnc3)cs2)cc1OC. The normalized spacial score (nSPS) is 10.1. The van der Waals surface area contributed by atoms with Crippen LogP contribution in [-0.4, -0.2) is 36.0 Å². The number of rotatable bonds is 5. The molecule has 0 fully saturated rings. The van der Waals surface area contributed by atoms with E-state index < -0.39 is 11.8 Å². The van der Waals surface area contributed by atoms with E-state index in [-0.39, 0.29) is 5.69 Å². The van der Waals surface area contributed by atoms with Crippen molar-refractivity contribution in [2.24, 2.45) is 0 Å². The predicted octanol–water partition coefficient (Wildman–Crippen LogP) is 2.30. The molecule has 2 amide bonds. The van der Waals surface area contributed by atoms with Crippen molar-refractivity contribution >= 4 is 23.2 Å². The molecule has 2 aromatic heterocycles. The monoisotopic (exact) mass is 384 g/mol. The van der Waals surface area contributed by atoms with Crippen LogP contribution in [0.25, 0.3) is 10.6 Å². The van der Waals surface area contributed by atoms with Gasteiger partial charge in [-0.1, -0.05) is 0 Å². The maximum Gasteiger partial charge on any atom is 0.289 e. The van der Waals surface area contributed by atoms with E-state index >= 15 is 0 Å². The first-order valence-corrected chi connectivity index (χ1v) is 8.69. The quantitative estimate of drug-likeness (QED) is 0.655. The van der Waals surface area contributed by atoms with Crippen LogP contribution in [0.3, 0.4) is 0 Å². The van der Waals surface area contributed by atoms with E-state index in [4.69, 9.17) is 9.47 Å². The molecule has 0 bridgehead atoms. The minimum Gasteiger partial charge on any atom is -0.493 e. The average molecular weight is 384 g/mol. The van der Waals surface area contributed by atoms with Gasteiger partial charge in [0.05, 0.1) is 19.8 Å². The number of nitrogens with one attached hydrogen (secondary N) is 2. The Morgan fingerprint density at radius 3 is 2.52 bits per heavy atom. The zero-order chi connectivity index (χ0) is 19.2. The molecule has 1 aromatic carbocycles. The van der Waals surface area contributed by atoms with Gasteiger partial charge in [0.25, 0.3) is 11.8 Å². The molecule has 0 aliphatic carbocycles. The van der Waals surface area contributed by atoms with Crippen LogP contribution >= 0.6 is 11.3 Å². The summed E-state index contributed by atoms with van der Waals surface area (Å²) in [5.41, 5.74) is 5.98. The summed E-state index contributed by atoms with van der Waals surface area (Å²) in [5, 5.41) is 2.25. The van der Waals surface area contributed by atoms with Gasteiger partial charge in [0, 0.05) is 23.3 Å². The fraction of sp³-hybridized carbons (Fsp3) is 0.111. The van der Waals surface area contributed by atoms with Gasteiger partial charge in [-0.3, -0.25) is 25.4 Å². The highest BCUT2D eigenvalue weighted by atomic mass is 32.1. The van der Waals surface area contributed by atoms with Crippen LogP contribution in [0.1, 0.15) is 20.8 Å². The van der Waals surface area contributed by atoms with Gasteiger partial charge in [0.15, 0.2) is 11.5 Å². The highest BCUT2D eigenvalue weighted by Gasteiger charge is 2.15. The summed E-state index contributed by atoms with van der Waals surface area (Å²) in [5.74, 6) is 0.191. The zero-order valence-electron chi connectivity index (χ0n) is 14.6. The summed E-state index contributed by atoms with van der Waals surface area (Å²) in [7, 11) is 3.11. The molecular formula is C18H16N4O4S. The fourth-order valence-electron chi connectivity index (χ4n) is 2.23. The number of hydrazine groups is 1. The molecule has 0 spiro atoms. The Morgan fingerprint density at radius 1 is 1.04 bits per heavy atom. The van der Waals surface area contributed by atoms with Crippen molar-refractivity contribution in [3.05, 3.63) is 59.4 Å². The molecule has 0 saturated carbocycles. The molecule has 2 heterocycles. The third-order valence-corrected chi connectivity index (χ3v) is 4.47. The molecule has 9 heteroatoms. The molecule has 0 radical (unpaired) electrons. The number of pyridine rings is 1. The first-order chi connectivity index (χ1) is 13.1. The first kappa shape index (κ1) is 18.3. The number of thiazole rings is 1. The predicted molar refractivity (Wildman–Crippen MR) is 99.8 cm³/mol. The molecule has 0 unspecified atom stereocenters. The molecule has 27 heavy (non-hydrogen) atoms. The van der Waals surface area contributed by atoms with E-state index in [1.807, 2.05) is 6.07 Å². The first-order valence-electron chi connectivity index (χ1n) is 7.81. The van der Waals surface area contributed by atoms with Gasteiger partial charge < -0.3 is 9.47 Å². The Balaban J connectivity index is 1.68. The van der Waals surface area contributed by atoms with Crippen molar-refractivity contribution in [1.29, 1.82) is 0 Å². The van der Waals surface area contributed by atoms with Crippen molar-refractivity contribution < 1.29 is 19.1 Å². The topological polar surface area (TPSA) is 102 Å². The second kappa shape index (κ2) is 8.28. The van der Waals surface area contributed by atoms with Crippen LogP contribution in [0.2, 0.25) is 0 Å². The Bertz CT molecular complexity index is 959. The van der Waals surface area contributed by atoms with E-state index in [1.165, 1.54) is 17.5 Å². The van der Waals surface area contributed by atoms with Crippen molar-refractivity contribution in [1.82, 2.24) is 20.8 Å². The lowest BCUT2D eigenvalue weighted by Gasteiger charge is -2.08. The van der Waals surface area contributed by atoms with E-state index in [0.29, 0.717) is 22.1 Å². The largest absolute Gasteiger partial charge is 0.493 e. The number of carbonyl (C=O) groups excluding carboxylic acids is 2. The van der Waals surface area contributed by atoms with Gasteiger partial charge in [-0.05, 0) is 30.3 Å². The second-order valence-corrected chi connectivity index (χ2v) is 6.12. The molecule has 2 N–H and O–H groups in total. The Morgan fingerprint density at radius 2 is 1.81 bits per heavy atom. The van der Waals surface area contributed by atoms with Crippen molar-refractivity contribution in [2.45, 2.75) is 0 Å². The lowest BCUT2D eigenvalue weighted by Crippen LogP contribution is -2.41. The Labute approximate surface area is 159 Å². The zero-order valence-corrected chi connectivity index (χ0v) is 15.4. The molecule has 0 saturated heterocycles. The van der Waals surface area contributed by atoms with Gasteiger partial charge in [-0.15, -0.1) is 11.3 Å². The van der Waals surface area contributed by atoms with Gasteiger partial charge in [-0.2, -0.15) is 0 Å². The van der Waals surface area contributed by atoms with E-state index in [0.717, 1.165) is 5.56 Å². The molecule has 138 valence electrons.